The SMILES string of the molecule is CC1(C)OB(c2ccc(-c3cccnc3)o2)OC1(C)C. The maximum absolute atomic E-state index is 5.97. The molecule has 104 valence electrons. The summed E-state index contributed by atoms with van der Waals surface area (Å²) in [5.74, 6) is 0.766. The average Bonchev–Trinajstić information content (AvgIpc) is 2.94. The van der Waals surface area contributed by atoms with Crippen LogP contribution in [0.2, 0.25) is 0 Å². The van der Waals surface area contributed by atoms with Gasteiger partial charge >= 0.3 is 7.12 Å². The van der Waals surface area contributed by atoms with Crippen LogP contribution in [-0.2, 0) is 9.31 Å². The third kappa shape index (κ3) is 2.17. The van der Waals surface area contributed by atoms with Crippen LogP contribution in [0.4, 0.5) is 0 Å². The molecule has 4 nitrogen and oxygen atoms in total. The van der Waals surface area contributed by atoms with Crippen LogP contribution in [0.5, 0.6) is 0 Å². The van der Waals surface area contributed by atoms with Crippen molar-refractivity contribution in [1.82, 2.24) is 4.98 Å². The van der Waals surface area contributed by atoms with Gasteiger partial charge in [-0.2, -0.15) is 0 Å². The summed E-state index contributed by atoms with van der Waals surface area (Å²) in [4.78, 5) is 4.09. The molecule has 0 unspecified atom stereocenters. The van der Waals surface area contributed by atoms with Gasteiger partial charge in [-0.15, -0.1) is 0 Å². The van der Waals surface area contributed by atoms with E-state index in [1.165, 1.54) is 0 Å². The Hall–Kier alpha value is -1.59. The summed E-state index contributed by atoms with van der Waals surface area (Å²) in [6.07, 6.45) is 3.51. The smallest absolute Gasteiger partial charge is 0.465 e. The number of pyridine rings is 1. The highest BCUT2D eigenvalue weighted by molar-refractivity contribution is 6.60. The second-order valence-corrected chi connectivity index (χ2v) is 6.03. The van der Waals surface area contributed by atoms with Gasteiger partial charge < -0.3 is 13.7 Å². The number of hydrogen-bond donors (Lipinski definition) is 0. The van der Waals surface area contributed by atoms with Gasteiger partial charge in [0.2, 0.25) is 0 Å². The Morgan fingerprint density at radius 1 is 1.00 bits per heavy atom. The molecule has 1 saturated heterocycles. The fourth-order valence-electron chi connectivity index (χ4n) is 2.10. The van der Waals surface area contributed by atoms with E-state index in [0.717, 1.165) is 11.3 Å². The van der Waals surface area contributed by atoms with Crippen molar-refractivity contribution in [2.45, 2.75) is 38.9 Å². The van der Waals surface area contributed by atoms with Gasteiger partial charge in [0, 0.05) is 18.0 Å². The lowest BCUT2D eigenvalue weighted by atomic mass is 9.86. The van der Waals surface area contributed by atoms with Crippen LogP contribution in [-0.4, -0.2) is 23.3 Å². The maximum atomic E-state index is 5.97. The summed E-state index contributed by atoms with van der Waals surface area (Å²) in [6.45, 7) is 8.10. The monoisotopic (exact) mass is 271 g/mol. The zero-order valence-electron chi connectivity index (χ0n) is 12.2. The molecule has 0 atom stereocenters. The minimum atomic E-state index is -0.467. The van der Waals surface area contributed by atoms with E-state index in [4.69, 9.17) is 13.7 Å². The average molecular weight is 271 g/mol. The van der Waals surface area contributed by atoms with Crippen LogP contribution >= 0.6 is 0 Å². The minimum Gasteiger partial charge on any atom is -0.465 e. The Kier molecular flexibility index (Phi) is 2.99. The molecule has 0 amide bonds. The van der Waals surface area contributed by atoms with Crippen molar-refractivity contribution in [2.24, 2.45) is 0 Å². The van der Waals surface area contributed by atoms with Crippen LogP contribution in [0.25, 0.3) is 11.3 Å². The Labute approximate surface area is 119 Å². The van der Waals surface area contributed by atoms with Crippen LogP contribution < -0.4 is 5.66 Å². The molecule has 0 radical (unpaired) electrons. The summed E-state index contributed by atoms with van der Waals surface area (Å²) in [5.41, 5.74) is 0.899. The Morgan fingerprint density at radius 3 is 2.30 bits per heavy atom. The summed E-state index contributed by atoms with van der Waals surface area (Å²) in [5, 5.41) is 0. The Morgan fingerprint density at radius 2 is 1.70 bits per heavy atom. The van der Waals surface area contributed by atoms with E-state index in [0.29, 0.717) is 5.66 Å². The molecule has 0 bridgehead atoms. The molecule has 1 aliphatic heterocycles. The van der Waals surface area contributed by atoms with Gasteiger partial charge in [0.05, 0.1) is 11.2 Å². The van der Waals surface area contributed by atoms with Gasteiger partial charge in [0.1, 0.15) is 11.4 Å². The predicted octanol–water partition coefficient (Wildman–Crippen LogP) is 2.64. The molecular weight excluding hydrogens is 253 g/mol. The molecule has 1 fully saturated rings. The van der Waals surface area contributed by atoms with Gasteiger partial charge in [-0.25, -0.2) is 0 Å². The second kappa shape index (κ2) is 4.47. The van der Waals surface area contributed by atoms with E-state index in [-0.39, 0.29) is 11.2 Å². The zero-order chi connectivity index (χ0) is 14.4. The molecule has 0 N–H and O–H groups in total. The topological polar surface area (TPSA) is 44.5 Å². The van der Waals surface area contributed by atoms with Crippen LogP contribution in [0.1, 0.15) is 27.7 Å². The van der Waals surface area contributed by atoms with Crippen LogP contribution in [0.15, 0.2) is 41.1 Å². The summed E-state index contributed by atoms with van der Waals surface area (Å²) in [7, 11) is -0.467. The van der Waals surface area contributed by atoms with E-state index in [1.807, 2.05) is 52.0 Å². The number of nitrogens with zero attached hydrogens (tertiary/aromatic N) is 1. The molecular formula is C15H18BNO3. The Bertz CT molecular complexity index is 591. The van der Waals surface area contributed by atoms with Crippen molar-refractivity contribution in [1.29, 1.82) is 0 Å². The van der Waals surface area contributed by atoms with Crippen molar-refractivity contribution < 1.29 is 13.7 Å². The molecule has 0 aliphatic carbocycles. The molecule has 0 spiro atoms. The quantitative estimate of drug-likeness (QED) is 0.787. The lowest BCUT2D eigenvalue weighted by molar-refractivity contribution is 0.00578. The van der Waals surface area contributed by atoms with Crippen LogP contribution in [0.3, 0.4) is 0 Å². The van der Waals surface area contributed by atoms with E-state index >= 15 is 0 Å². The lowest BCUT2D eigenvalue weighted by Gasteiger charge is -2.32. The zero-order valence-corrected chi connectivity index (χ0v) is 12.2. The number of hydrogen-bond acceptors (Lipinski definition) is 4. The second-order valence-electron chi connectivity index (χ2n) is 6.03. The highest BCUT2D eigenvalue weighted by Crippen LogP contribution is 2.36. The first-order valence-electron chi connectivity index (χ1n) is 6.75. The van der Waals surface area contributed by atoms with E-state index < -0.39 is 7.12 Å². The first-order valence-corrected chi connectivity index (χ1v) is 6.75. The molecule has 2 aromatic heterocycles. The highest BCUT2D eigenvalue weighted by Gasteiger charge is 2.53. The van der Waals surface area contributed by atoms with Crippen molar-refractivity contribution in [3.8, 4) is 11.3 Å². The van der Waals surface area contributed by atoms with Crippen LogP contribution in [0, 0.1) is 0 Å². The van der Waals surface area contributed by atoms with E-state index in [9.17, 15) is 0 Å². The Balaban J connectivity index is 1.86. The van der Waals surface area contributed by atoms with Gasteiger partial charge in [0.25, 0.3) is 0 Å². The van der Waals surface area contributed by atoms with Gasteiger partial charge in [-0.1, -0.05) is 0 Å². The maximum Gasteiger partial charge on any atom is 0.532 e. The number of furan rings is 1. The molecule has 0 saturated carbocycles. The van der Waals surface area contributed by atoms with Gasteiger partial charge in [-0.3, -0.25) is 4.98 Å². The summed E-state index contributed by atoms with van der Waals surface area (Å²) < 4.78 is 17.8. The fraction of sp³-hybridized carbons (Fsp3) is 0.400. The number of rotatable bonds is 2. The van der Waals surface area contributed by atoms with Gasteiger partial charge in [0.15, 0.2) is 0 Å². The van der Waals surface area contributed by atoms with E-state index in [1.54, 1.807) is 12.4 Å². The number of aromatic nitrogens is 1. The summed E-state index contributed by atoms with van der Waals surface area (Å²) in [6, 6.07) is 7.65. The van der Waals surface area contributed by atoms with Crippen molar-refractivity contribution >= 4 is 12.8 Å². The molecule has 5 heteroatoms. The largest absolute Gasteiger partial charge is 0.532 e. The highest BCUT2D eigenvalue weighted by atomic mass is 16.7. The molecule has 1 aliphatic rings. The molecule has 2 aromatic rings. The first-order chi connectivity index (χ1) is 9.39. The van der Waals surface area contributed by atoms with Crippen molar-refractivity contribution in [2.75, 3.05) is 0 Å². The molecule has 3 rings (SSSR count). The lowest BCUT2D eigenvalue weighted by Crippen LogP contribution is -2.41. The minimum absolute atomic E-state index is 0.362. The molecule has 3 heterocycles. The standard InChI is InChI=1S/C15H18BNO3/c1-14(2)15(3,4)20-16(19-14)13-8-7-12(18-13)11-6-5-9-17-10-11/h5-10H,1-4H3. The van der Waals surface area contributed by atoms with Crippen molar-refractivity contribution in [3.63, 3.8) is 0 Å². The molecule has 20 heavy (non-hydrogen) atoms. The van der Waals surface area contributed by atoms with Crippen molar-refractivity contribution in [3.05, 3.63) is 36.7 Å². The first kappa shape index (κ1) is 13.4. The summed E-state index contributed by atoms with van der Waals surface area (Å²) >= 11 is 0. The molecule has 0 aromatic carbocycles. The third-order valence-corrected chi connectivity index (χ3v) is 4.06. The normalized spacial score (nSPS) is 20.3. The van der Waals surface area contributed by atoms with Gasteiger partial charge in [-0.05, 0) is 52.0 Å². The predicted molar refractivity (Wildman–Crippen MR) is 77.7 cm³/mol. The van der Waals surface area contributed by atoms with E-state index in [2.05, 4.69) is 4.98 Å². The third-order valence-electron chi connectivity index (χ3n) is 4.06. The fourth-order valence-corrected chi connectivity index (χ4v) is 2.10.